The standard InChI is InChI=1S/C18H19ClF3N3O2S/c1-23-28(26,16-8-6-15(7-9-16)27-18(20,21)22)25-17(10-11-24-12-17)13-2-4-14(19)5-3-13/h2-9,24H,10-12H2,1H3,(H,23,25,26)/t17-,28?/m0/s1. The highest BCUT2D eigenvalue weighted by Gasteiger charge is 2.39. The number of hydrogen-bond donors (Lipinski definition) is 2. The molecule has 10 heteroatoms. The molecule has 0 radical (unpaired) electrons. The molecule has 28 heavy (non-hydrogen) atoms. The quantitative estimate of drug-likeness (QED) is 0.746. The Balaban J connectivity index is 1.93. The fraction of sp³-hybridized carbons (Fsp3) is 0.333. The van der Waals surface area contributed by atoms with Gasteiger partial charge in [-0.3, -0.25) is 0 Å². The minimum Gasteiger partial charge on any atom is -0.406 e. The van der Waals surface area contributed by atoms with Crippen molar-refractivity contribution >= 4 is 21.5 Å². The number of hydrogen-bond acceptors (Lipinski definition) is 4. The Morgan fingerprint density at radius 2 is 1.82 bits per heavy atom. The minimum atomic E-state index is -4.79. The van der Waals surface area contributed by atoms with Gasteiger partial charge in [-0.1, -0.05) is 23.7 Å². The van der Waals surface area contributed by atoms with Crippen molar-refractivity contribution in [1.82, 2.24) is 10.0 Å². The predicted octanol–water partition coefficient (Wildman–Crippen LogP) is 4.09. The van der Waals surface area contributed by atoms with Gasteiger partial charge in [0.25, 0.3) is 0 Å². The summed E-state index contributed by atoms with van der Waals surface area (Å²) < 4.78 is 61.7. The molecular formula is C18H19ClF3N3O2S. The zero-order valence-electron chi connectivity index (χ0n) is 14.9. The second kappa shape index (κ2) is 7.90. The van der Waals surface area contributed by atoms with Crippen molar-refractivity contribution in [2.75, 3.05) is 20.1 Å². The van der Waals surface area contributed by atoms with Crippen molar-refractivity contribution in [2.24, 2.45) is 4.36 Å². The van der Waals surface area contributed by atoms with Crippen LogP contribution in [0.5, 0.6) is 5.75 Å². The van der Waals surface area contributed by atoms with Gasteiger partial charge in [0, 0.05) is 18.6 Å². The van der Waals surface area contributed by atoms with E-state index in [1.807, 2.05) is 12.1 Å². The van der Waals surface area contributed by atoms with Crippen LogP contribution in [-0.4, -0.2) is 30.7 Å². The van der Waals surface area contributed by atoms with Crippen molar-refractivity contribution in [3.8, 4) is 5.75 Å². The fourth-order valence-electron chi connectivity index (χ4n) is 3.15. The van der Waals surface area contributed by atoms with Crippen LogP contribution in [0.2, 0.25) is 5.02 Å². The third-order valence-electron chi connectivity index (χ3n) is 4.52. The Bertz CT molecular complexity index is 934. The molecule has 0 spiro atoms. The monoisotopic (exact) mass is 433 g/mol. The summed E-state index contributed by atoms with van der Waals surface area (Å²) in [6.45, 7) is 1.24. The van der Waals surface area contributed by atoms with Crippen LogP contribution in [0.3, 0.4) is 0 Å². The molecule has 152 valence electrons. The zero-order chi connectivity index (χ0) is 20.4. The normalized spacial score (nSPS) is 21.9. The van der Waals surface area contributed by atoms with Crippen LogP contribution < -0.4 is 14.8 Å². The van der Waals surface area contributed by atoms with Gasteiger partial charge in [0.2, 0.25) is 0 Å². The largest absolute Gasteiger partial charge is 0.573 e. The molecule has 0 amide bonds. The molecule has 2 aromatic rings. The first kappa shape index (κ1) is 20.9. The molecule has 0 aliphatic carbocycles. The summed E-state index contributed by atoms with van der Waals surface area (Å²) in [6.07, 6.45) is -4.12. The van der Waals surface area contributed by atoms with Crippen LogP contribution in [0.15, 0.2) is 57.8 Å². The van der Waals surface area contributed by atoms with Crippen LogP contribution in [0.4, 0.5) is 13.2 Å². The molecular weight excluding hydrogens is 415 g/mol. The molecule has 2 atom stereocenters. The molecule has 1 unspecified atom stereocenters. The second-order valence-corrected chi connectivity index (χ2v) is 8.87. The summed E-state index contributed by atoms with van der Waals surface area (Å²) in [5.41, 5.74) is 0.248. The first-order valence-electron chi connectivity index (χ1n) is 8.43. The maximum atomic E-state index is 13.6. The second-order valence-electron chi connectivity index (χ2n) is 6.35. The van der Waals surface area contributed by atoms with Crippen LogP contribution in [-0.2, 0) is 15.5 Å². The lowest BCUT2D eigenvalue weighted by molar-refractivity contribution is -0.274. The van der Waals surface area contributed by atoms with Crippen LogP contribution in [0, 0.1) is 0 Å². The number of nitrogens with zero attached hydrogens (tertiary/aromatic N) is 1. The first-order valence-corrected chi connectivity index (χ1v) is 10.3. The van der Waals surface area contributed by atoms with Gasteiger partial charge in [-0.25, -0.2) is 13.3 Å². The molecule has 1 fully saturated rings. The van der Waals surface area contributed by atoms with Crippen molar-refractivity contribution in [3.63, 3.8) is 0 Å². The van der Waals surface area contributed by atoms with E-state index >= 15 is 0 Å². The highest BCUT2D eigenvalue weighted by Crippen LogP contribution is 2.32. The lowest BCUT2D eigenvalue weighted by Crippen LogP contribution is -2.47. The molecule has 5 nitrogen and oxygen atoms in total. The summed E-state index contributed by atoms with van der Waals surface area (Å²) in [7, 11) is -1.69. The highest BCUT2D eigenvalue weighted by atomic mass is 35.5. The van der Waals surface area contributed by atoms with Gasteiger partial charge >= 0.3 is 6.36 Å². The average molecular weight is 434 g/mol. The number of ether oxygens (including phenoxy) is 1. The summed E-state index contributed by atoms with van der Waals surface area (Å²) in [4.78, 5) is 0.268. The maximum Gasteiger partial charge on any atom is 0.573 e. The van der Waals surface area contributed by atoms with Crippen molar-refractivity contribution in [2.45, 2.75) is 23.2 Å². The van der Waals surface area contributed by atoms with Crippen molar-refractivity contribution < 1.29 is 22.1 Å². The lowest BCUT2D eigenvalue weighted by atomic mass is 9.90. The number of halogens is 4. The van der Waals surface area contributed by atoms with E-state index in [0.717, 1.165) is 17.7 Å². The summed E-state index contributed by atoms with van der Waals surface area (Å²) in [5, 5.41) is 3.84. The van der Waals surface area contributed by atoms with Gasteiger partial charge < -0.3 is 10.1 Å². The Kier molecular flexibility index (Phi) is 5.90. The number of benzene rings is 2. The van der Waals surface area contributed by atoms with Crippen LogP contribution in [0.25, 0.3) is 0 Å². The van der Waals surface area contributed by atoms with Gasteiger partial charge in [0.05, 0.1) is 10.4 Å². The molecule has 0 saturated carbocycles. The van der Waals surface area contributed by atoms with Crippen molar-refractivity contribution in [3.05, 3.63) is 59.1 Å². The topological polar surface area (TPSA) is 62.7 Å². The van der Waals surface area contributed by atoms with E-state index in [1.54, 1.807) is 12.1 Å². The molecule has 0 bridgehead atoms. The molecule has 1 aliphatic heterocycles. The fourth-order valence-corrected chi connectivity index (χ4v) is 5.03. The minimum absolute atomic E-state index is 0.268. The number of alkyl halides is 3. The third kappa shape index (κ3) is 4.60. The van der Waals surface area contributed by atoms with E-state index in [4.69, 9.17) is 11.6 Å². The smallest absolute Gasteiger partial charge is 0.406 e. The molecule has 1 heterocycles. The third-order valence-corrected chi connectivity index (χ3v) is 6.86. The molecule has 2 aromatic carbocycles. The van der Waals surface area contributed by atoms with Crippen LogP contribution >= 0.6 is 11.6 Å². The summed E-state index contributed by atoms with van der Waals surface area (Å²) >= 11 is 5.98. The molecule has 2 N–H and O–H groups in total. The van der Waals surface area contributed by atoms with Gasteiger partial charge in [0.1, 0.15) is 15.7 Å². The van der Waals surface area contributed by atoms with E-state index in [0.29, 0.717) is 24.5 Å². The van der Waals surface area contributed by atoms with Crippen LogP contribution in [0.1, 0.15) is 12.0 Å². The lowest BCUT2D eigenvalue weighted by Gasteiger charge is -2.32. The summed E-state index contributed by atoms with van der Waals surface area (Å²) in [6, 6.07) is 12.1. The molecule has 0 aromatic heterocycles. The molecule has 3 rings (SSSR count). The first-order chi connectivity index (χ1) is 13.2. The van der Waals surface area contributed by atoms with E-state index in [2.05, 4.69) is 19.1 Å². The van der Waals surface area contributed by atoms with E-state index < -0.39 is 21.8 Å². The Morgan fingerprint density at radius 1 is 1.18 bits per heavy atom. The Labute approximate surface area is 166 Å². The number of rotatable bonds is 5. The zero-order valence-corrected chi connectivity index (χ0v) is 16.5. The maximum absolute atomic E-state index is 13.6. The van der Waals surface area contributed by atoms with Gasteiger partial charge in [0.15, 0.2) is 0 Å². The van der Waals surface area contributed by atoms with Gasteiger partial charge in [-0.15, -0.1) is 13.2 Å². The van der Waals surface area contributed by atoms with E-state index in [-0.39, 0.29) is 10.6 Å². The Morgan fingerprint density at radius 3 is 2.32 bits per heavy atom. The predicted molar refractivity (Wildman–Crippen MR) is 102 cm³/mol. The van der Waals surface area contributed by atoms with Gasteiger partial charge in [-0.2, -0.15) is 0 Å². The average Bonchev–Trinajstić information content (AvgIpc) is 3.10. The molecule has 1 aliphatic rings. The SMILES string of the molecule is CN=S(=O)(N[C@@]1(c2ccc(Cl)cc2)CCNC1)c1ccc(OC(F)(F)F)cc1. The molecule has 1 saturated heterocycles. The van der Waals surface area contributed by atoms with Crippen molar-refractivity contribution in [1.29, 1.82) is 0 Å². The van der Waals surface area contributed by atoms with Gasteiger partial charge in [-0.05, 0) is 54.9 Å². The van der Waals surface area contributed by atoms with E-state index in [1.165, 1.54) is 19.2 Å². The van der Waals surface area contributed by atoms with E-state index in [9.17, 15) is 17.4 Å². The summed E-state index contributed by atoms with van der Waals surface area (Å²) in [5.74, 6) is -0.385. The Hall–Kier alpha value is -1.81. The highest BCUT2D eigenvalue weighted by molar-refractivity contribution is 7.91. The number of nitrogens with one attached hydrogen (secondary N) is 2.